The number of nitrogens with zero attached hydrogens (tertiary/aromatic N) is 7. The Morgan fingerprint density at radius 2 is 1.68 bits per heavy atom. The SMILES string of the molecule is CC(C)c1nc2c(c(Nc3ccc(-n4nnc5ccccc54)cc3)n1)CCN(c1ncccc1C(F)(F)F)CC2. The summed E-state index contributed by atoms with van der Waals surface area (Å²) in [5.41, 5.74) is 4.45. The molecule has 0 saturated carbocycles. The van der Waals surface area contributed by atoms with E-state index in [1.807, 2.05) is 62.4 Å². The maximum Gasteiger partial charge on any atom is 0.419 e. The third-order valence-electron chi connectivity index (χ3n) is 6.99. The second-order valence-corrected chi connectivity index (χ2v) is 10.0. The van der Waals surface area contributed by atoms with Crippen molar-refractivity contribution in [2.45, 2.75) is 38.8 Å². The third kappa shape index (κ3) is 4.94. The number of halogens is 3. The molecule has 0 bridgehead atoms. The van der Waals surface area contributed by atoms with Crippen LogP contribution >= 0.6 is 0 Å². The summed E-state index contributed by atoms with van der Waals surface area (Å²) in [6, 6.07) is 18.0. The number of benzene rings is 2. The lowest BCUT2D eigenvalue weighted by atomic mass is 10.1. The summed E-state index contributed by atoms with van der Waals surface area (Å²) in [6.07, 6.45) is -2.12. The molecule has 0 unspecified atom stereocenters. The molecule has 0 radical (unpaired) electrons. The van der Waals surface area contributed by atoms with Crippen molar-refractivity contribution in [3.8, 4) is 5.69 Å². The molecule has 0 atom stereocenters. The van der Waals surface area contributed by atoms with Crippen LogP contribution in [-0.2, 0) is 19.0 Å². The number of alkyl halides is 3. The van der Waals surface area contributed by atoms with E-state index in [2.05, 4.69) is 20.6 Å². The molecule has 11 heteroatoms. The molecule has 204 valence electrons. The molecule has 6 rings (SSSR count). The van der Waals surface area contributed by atoms with E-state index in [4.69, 9.17) is 9.97 Å². The van der Waals surface area contributed by atoms with Crippen molar-refractivity contribution >= 4 is 28.4 Å². The summed E-state index contributed by atoms with van der Waals surface area (Å²) in [6.45, 7) is 4.79. The van der Waals surface area contributed by atoms with Gasteiger partial charge in [0.15, 0.2) is 0 Å². The normalized spacial score (nSPS) is 13.9. The zero-order valence-electron chi connectivity index (χ0n) is 22.0. The van der Waals surface area contributed by atoms with E-state index < -0.39 is 11.7 Å². The smallest absolute Gasteiger partial charge is 0.355 e. The van der Waals surface area contributed by atoms with Gasteiger partial charge < -0.3 is 10.2 Å². The summed E-state index contributed by atoms with van der Waals surface area (Å²) in [5.74, 6) is 1.40. The van der Waals surface area contributed by atoms with Crippen molar-refractivity contribution in [3.63, 3.8) is 0 Å². The van der Waals surface area contributed by atoms with Gasteiger partial charge in [0.2, 0.25) is 0 Å². The molecule has 2 aromatic carbocycles. The number of fused-ring (bicyclic) bond motifs is 2. The molecule has 1 N–H and O–H groups in total. The molecule has 8 nitrogen and oxygen atoms in total. The lowest BCUT2D eigenvalue weighted by Gasteiger charge is -2.24. The van der Waals surface area contributed by atoms with Gasteiger partial charge in [-0.15, -0.1) is 5.10 Å². The standard InChI is InChI=1S/C29H27F3N8/c1-18(2)26-35-23-14-17-39(28-22(29(30,31)32)6-5-15-33-28)16-13-21(23)27(36-26)34-19-9-11-20(12-10-19)40-25-8-4-3-7-24(25)37-38-40/h3-12,15,18H,13-14,16-17H2,1-2H3,(H,34,35,36). The molecule has 3 aromatic heterocycles. The van der Waals surface area contributed by atoms with Gasteiger partial charge in [-0.2, -0.15) is 13.2 Å². The van der Waals surface area contributed by atoms with E-state index in [-0.39, 0.29) is 11.7 Å². The van der Waals surface area contributed by atoms with Gasteiger partial charge in [-0.25, -0.2) is 19.6 Å². The van der Waals surface area contributed by atoms with Crippen molar-refractivity contribution < 1.29 is 13.2 Å². The average molecular weight is 545 g/mol. The maximum atomic E-state index is 13.7. The first-order valence-electron chi connectivity index (χ1n) is 13.1. The van der Waals surface area contributed by atoms with E-state index in [0.29, 0.717) is 37.6 Å². The minimum atomic E-state index is -4.48. The minimum Gasteiger partial charge on any atom is -0.355 e. The molecule has 5 aromatic rings. The molecular weight excluding hydrogens is 517 g/mol. The highest BCUT2D eigenvalue weighted by atomic mass is 19.4. The molecule has 0 amide bonds. The number of hydrogen-bond donors (Lipinski definition) is 1. The Morgan fingerprint density at radius 1 is 0.900 bits per heavy atom. The fraction of sp³-hybridized carbons (Fsp3) is 0.276. The van der Waals surface area contributed by atoms with Crippen LogP contribution in [0.15, 0.2) is 66.9 Å². The monoisotopic (exact) mass is 544 g/mol. The lowest BCUT2D eigenvalue weighted by molar-refractivity contribution is -0.137. The first-order valence-corrected chi connectivity index (χ1v) is 13.1. The van der Waals surface area contributed by atoms with Crippen LogP contribution in [0.5, 0.6) is 0 Å². The molecule has 4 heterocycles. The van der Waals surface area contributed by atoms with Crippen LogP contribution < -0.4 is 10.2 Å². The zero-order chi connectivity index (χ0) is 27.9. The Kier molecular flexibility index (Phi) is 6.57. The van der Waals surface area contributed by atoms with Crippen molar-refractivity contribution in [2.24, 2.45) is 0 Å². The van der Waals surface area contributed by atoms with Gasteiger partial charge in [0, 0.05) is 42.9 Å². The summed E-state index contributed by atoms with van der Waals surface area (Å²) in [5, 5.41) is 11.9. The van der Waals surface area contributed by atoms with Crippen LogP contribution in [-0.4, -0.2) is 43.0 Å². The van der Waals surface area contributed by atoms with Gasteiger partial charge in [-0.1, -0.05) is 31.2 Å². The Balaban J connectivity index is 1.29. The highest BCUT2D eigenvalue weighted by Crippen LogP contribution is 2.36. The number of aromatic nitrogens is 6. The van der Waals surface area contributed by atoms with E-state index in [0.717, 1.165) is 39.7 Å². The lowest BCUT2D eigenvalue weighted by Crippen LogP contribution is -2.29. The molecular formula is C29H27F3N8. The largest absolute Gasteiger partial charge is 0.419 e. The molecule has 0 aliphatic carbocycles. The van der Waals surface area contributed by atoms with Gasteiger partial charge in [-0.05, 0) is 55.0 Å². The Morgan fingerprint density at radius 3 is 2.45 bits per heavy atom. The first-order chi connectivity index (χ1) is 19.3. The third-order valence-corrected chi connectivity index (χ3v) is 6.99. The van der Waals surface area contributed by atoms with Gasteiger partial charge in [-0.3, -0.25) is 0 Å². The average Bonchev–Trinajstić information content (AvgIpc) is 3.25. The van der Waals surface area contributed by atoms with Gasteiger partial charge in [0.25, 0.3) is 0 Å². The second kappa shape index (κ2) is 10.2. The predicted octanol–water partition coefficient (Wildman–Crippen LogP) is 6.10. The Bertz CT molecular complexity index is 1660. The van der Waals surface area contributed by atoms with Crippen molar-refractivity contribution in [3.05, 3.63) is 89.5 Å². The van der Waals surface area contributed by atoms with Crippen LogP contribution in [0, 0.1) is 0 Å². The summed E-state index contributed by atoms with van der Waals surface area (Å²) < 4.78 is 42.9. The van der Waals surface area contributed by atoms with Crippen LogP contribution in [0.25, 0.3) is 16.7 Å². The molecule has 0 fully saturated rings. The van der Waals surface area contributed by atoms with Gasteiger partial charge >= 0.3 is 6.18 Å². The molecule has 40 heavy (non-hydrogen) atoms. The maximum absolute atomic E-state index is 13.7. The van der Waals surface area contributed by atoms with E-state index in [1.165, 1.54) is 12.3 Å². The number of rotatable bonds is 5. The number of nitrogens with one attached hydrogen (secondary N) is 1. The summed E-state index contributed by atoms with van der Waals surface area (Å²) in [4.78, 5) is 15.4. The molecule has 0 spiro atoms. The zero-order valence-corrected chi connectivity index (χ0v) is 22.0. The number of hydrogen-bond acceptors (Lipinski definition) is 7. The Labute approximate surface area is 228 Å². The van der Waals surface area contributed by atoms with Crippen molar-refractivity contribution in [1.29, 1.82) is 0 Å². The van der Waals surface area contributed by atoms with Crippen LogP contribution in [0.4, 0.5) is 30.5 Å². The van der Waals surface area contributed by atoms with Gasteiger partial charge in [0.05, 0.1) is 22.5 Å². The van der Waals surface area contributed by atoms with Crippen LogP contribution in [0.2, 0.25) is 0 Å². The highest BCUT2D eigenvalue weighted by molar-refractivity contribution is 5.76. The van der Waals surface area contributed by atoms with Crippen molar-refractivity contribution in [1.82, 2.24) is 29.9 Å². The number of anilines is 3. The van der Waals surface area contributed by atoms with E-state index in [9.17, 15) is 13.2 Å². The first kappa shape index (κ1) is 25.7. The van der Waals surface area contributed by atoms with Crippen LogP contribution in [0.1, 0.15) is 42.4 Å². The fourth-order valence-electron chi connectivity index (χ4n) is 4.94. The quantitative estimate of drug-likeness (QED) is 0.286. The summed E-state index contributed by atoms with van der Waals surface area (Å²) >= 11 is 0. The highest BCUT2D eigenvalue weighted by Gasteiger charge is 2.36. The molecule has 1 aliphatic rings. The topological polar surface area (TPSA) is 84.7 Å². The molecule has 1 aliphatic heterocycles. The summed E-state index contributed by atoms with van der Waals surface area (Å²) in [7, 11) is 0. The number of para-hydroxylation sites is 1. The van der Waals surface area contributed by atoms with E-state index >= 15 is 0 Å². The second-order valence-electron chi connectivity index (χ2n) is 10.0. The van der Waals surface area contributed by atoms with E-state index in [1.54, 1.807) is 9.58 Å². The predicted molar refractivity (Wildman–Crippen MR) is 147 cm³/mol. The van der Waals surface area contributed by atoms with Crippen molar-refractivity contribution in [2.75, 3.05) is 23.3 Å². The van der Waals surface area contributed by atoms with Gasteiger partial charge in [0.1, 0.15) is 23.0 Å². The fourth-order valence-corrected chi connectivity index (χ4v) is 4.94. The minimum absolute atomic E-state index is 0.0504. The number of pyridine rings is 1. The molecule has 0 saturated heterocycles. The Hall–Kier alpha value is -4.54. The van der Waals surface area contributed by atoms with Crippen LogP contribution in [0.3, 0.4) is 0 Å².